The molecule has 1 saturated heterocycles. The predicted octanol–water partition coefficient (Wildman–Crippen LogP) is 1.70. The molecule has 1 aliphatic rings. The summed E-state index contributed by atoms with van der Waals surface area (Å²) in [7, 11) is 1.64. The van der Waals surface area contributed by atoms with E-state index in [-0.39, 0.29) is 11.5 Å². The molecule has 0 radical (unpaired) electrons. The molecule has 4 nitrogen and oxygen atoms in total. The summed E-state index contributed by atoms with van der Waals surface area (Å²) in [5, 5.41) is 6.04. The number of amides is 1. The summed E-state index contributed by atoms with van der Waals surface area (Å²) < 4.78 is 5.73. The fourth-order valence-corrected chi connectivity index (χ4v) is 2.37. The molecule has 2 N–H and O–H groups in total. The number of rotatable bonds is 5. The lowest BCUT2D eigenvalue weighted by atomic mass is 10.0. The van der Waals surface area contributed by atoms with Crippen molar-refractivity contribution >= 4 is 5.91 Å². The van der Waals surface area contributed by atoms with E-state index in [1.807, 2.05) is 24.3 Å². The Labute approximate surface area is 114 Å². The molecule has 0 aliphatic carbocycles. The highest BCUT2D eigenvalue weighted by Gasteiger charge is 2.28. The third kappa shape index (κ3) is 3.78. The van der Waals surface area contributed by atoms with Gasteiger partial charge < -0.3 is 15.4 Å². The molecule has 19 heavy (non-hydrogen) atoms. The standard InChI is InChI=1S/C15H22N2O2/c1-15(8-3-9-19-15)11-17-10-12-4-6-13(7-5-12)14(18)16-2/h4-7,17H,3,8-11H2,1-2H3,(H,16,18). The Morgan fingerprint density at radius 3 is 2.68 bits per heavy atom. The van der Waals surface area contributed by atoms with Crippen LogP contribution >= 0.6 is 0 Å². The lowest BCUT2D eigenvalue weighted by Crippen LogP contribution is -2.36. The van der Waals surface area contributed by atoms with Crippen molar-refractivity contribution in [3.05, 3.63) is 35.4 Å². The highest BCUT2D eigenvalue weighted by molar-refractivity contribution is 5.93. The average molecular weight is 262 g/mol. The summed E-state index contributed by atoms with van der Waals surface area (Å²) >= 11 is 0. The van der Waals surface area contributed by atoms with Crippen LogP contribution in [0, 0.1) is 0 Å². The van der Waals surface area contributed by atoms with Gasteiger partial charge in [0, 0.05) is 32.3 Å². The minimum absolute atomic E-state index is 0.0119. The highest BCUT2D eigenvalue weighted by atomic mass is 16.5. The van der Waals surface area contributed by atoms with Crippen molar-refractivity contribution < 1.29 is 9.53 Å². The van der Waals surface area contributed by atoms with E-state index in [1.54, 1.807) is 7.05 Å². The van der Waals surface area contributed by atoms with E-state index in [0.717, 1.165) is 32.5 Å². The van der Waals surface area contributed by atoms with Crippen molar-refractivity contribution in [1.29, 1.82) is 0 Å². The van der Waals surface area contributed by atoms with Crippen LogP contribution in [0.4, 0.5) is 0 Å². The van der Waals surface area contributed by atoms with Crippen molar-refractivity contribution in [3.8, 4) is 0 Å². The summed E-state index contributed by atoms with van der Waals surface area (Å²) in [5.74, 6) is -0.0497. The van der Waals surface area contributed by atoms with E-state index >= 15 is 0 Å². The Kier molecular flexibility index (Phi) is 4.56. The molecular weight excluding hydrogens is 240 g/mol. The number of nitrogens with one attached hydrogen (secondary N) is 2. The van der Waals surface area contributed by atoms with Gasteiger partial charge in [-0.05, 0) is 37.5 Å². The Balaban J connectivity index is 1.81. The van der Waals surface area contributed by atoms with Gasteiger partial charge in [-0.15, -0.1) is 0 Å². The molecule has 104 valence electrons. The minimum atomic E-state index is -0.0497. The molecule has 0 spiro atoms. The second-order valence-electron chi connectivity index (χ2n) is 5.28. The smallest absolute Gasteiger partial charge is 0.251 e. The number of hydrogen-bond donors (Lipinski definition) is 2. The molecule has 1 unspecified atom stereocenters. The number of carbonyl (C=O) groups excluding carboxylic acids is 1. The van der Waals surface area contributed by atoms with Crippen LogP contribution in [-0.4, -0.2) is 31.7 Å². The highest BCUT2D eigenvalue weighted by Crippen LogP contribution is 2.23. The van der Waals surface area contributed by atoms with Gasteiger partial charge in [0.25, 0.3) is 5.91 Å². The van der Waals surface area contributed by atoms with E-state index in [2.05, 4.69) is 17.6 Å². The third-order valence-electron chi connectivity index (χ3n) is 3.57. The molecule has 1 aliphatic heterocycles. The molecule has 0 saturated carbocycles. The molecule has 0 bridgehead atoms. The third-order valence-corrected chi connectivity index (χ3v) is 3.57. The zero-order valence-electron chi connectivity index (χ0n) is 11.7. The zero-order valence-corrected chi connectivity index (χ0v) is 11.7. The van der Waals surface area contributed by atoms with Crippen LogP contribution in [0.25, 0.3) is 0 Å². The van der Waals surface area contributed by atoms with Crippen LogP contribution < -0.4 is 10.6 Å². The summed E-state index contributed by atoms with van der Waals surface area (Å²) in [6.07, 6.45) is 2.27. The summed E-state index contributed by atoms with van der Waals surface area (Å²) in [6.45, 7) is 4.69. The maximum absolute atomic E-state index is 11.4. The van der Waals surface area contributed by atoms with Gasteiger partial charge >= 0.3 is 0 Å². The second-order valence-corrected chi connectivity index (χ2v) is 5.28. The van der Waals surface area contributed by atoms with Gasteiger partial charge in [0.05, 0.1) is 5.60 Å². The van der Waals surface area contributed by atoms with E-state index in [0.29, 0.717) is 5.56 Å². The lowest BCUT2D eigenvalue weighted by Gasteiger charge is -2.23. The SMILES string of the molecule is CNC(=O)c1ccc(CNCC2(C)CCCO2)cc1. The average Bonchev–Trinajstić information content (AvgIpc) is 2.86. The van der Waals surface area contributed by atoms with Gasteiger partial charge in [-0.3, -0.25) is 4.79 Å². The fraction of sp³-hybridized carbons (Fsp3) is 0.533. The fourth-order valence-electron chi connectivity index (χ4n) is 2.37. The van der Waals surface area contributed by atoms with Crippen LogP contribution in [0.15, 0.2) is 24.3 Å². The van der Waals surface area contributed by atoms with Gasteiger partial charge in [0.2, 0.25) is 0 Å². The van der Waals surface area contributed by atoms with E-state index < -0.39 is 0 Å². The quantitative estimate of drug-likeness (QED) is 0.849. The normalized spacial score (nSPS) is 22.4. The summed E-state index contributed by atoms with van der Waals surface area (Å²) in [5.41, 5.74) is 1.86. The van der Waals surface area contributed by atoms with Crippen LogP contribution in [0.3, 0.4) is 0 Å². The van der Waals surface area contributed by atoms with Crippen LogP contribution in [0.5, 0.6) is 0 Å². The molecule has 1 atom stereocenters. The molecular formula is C15H22N2O2. The Morgan fingerprint density at radius 1 is 1.37 bits per heavy atom. The second kappa shape index (κ2) is 6.17. The van der Waals surface area contributed by atoms with Crippen LogP contribution in [0.1, 0.15) is 35.7 Å². The van der Waals surface area contributed by atoms with Gasteiger partial charge in [0.15, 0.2) is 0 Å². The molecule has 1 aromatic carbocycles. The molecule has 1 fully saturated rings. The maximum Gasteiger partial charge on any atom is 0.251 e. The first-order valence-corrected chi connectivity index (χ1v) is 6.79. The van der Waals surface area contributed by atoms with Crippen molar-refractivity contribution in [2.24, 2.45) is 0 Å². The van der Waals surface area contributed by atoms with Crippen molar-refractivity contribution in [2.45, 2.75) is 31.9 Å². The van der Waals surface area contributed by atoms with Crippen LogP contribution in [-0.2, 0) is 11.3 Å². The first-order valence-electron chi connectivity index (χ1n) is 6.79. The van der Waals surface area contributed by atoms with Gasteiger partial charge in [-0.1, -0.05) is 12.1 Å². The number of benzene rings is 1. The number of ether oxygens (including phenoxy) is 1. The number of hydrogen-bond acceptors (Lipinski definition) is 3. The minimum Gasteiger partial charge on any atom is -0.374 e. The number of carbonyl (C=O) groups is 1. The van der Waals surface area contributed by atoms with Crippen molar-refractivity contribution in [2.75, 3.05) is 20.2 Å². The molecule has 1 amide bonds. The van der Waals surface area contributed by atoms with E-state index in [1.165, 1.54) is 5.56 Å². The summed E-state index contributed by atoms with van der Waals surface area (Å²) in [4.78, 5) is 11.4. The molecule has 1 heterocycles. The summed E-state index contributed by atoms with van der Waals surface area (Å²) in [6, 6.07) is 7.66. The first kappa shape index (κ1) is 14.0. The largest absolute Gasteiger partial charge is 0.374 e. The van der Waals surface area contributed by atoms with Crippen LogP contribution in [0.2, 0.25) is 0 Å². The zero-order chi connectivity index (χ0) is 13.7. The van der Waals surface area contributed by atoms with Gasteiger partial charge in [-0.25, -0.2) is 0 Å². The topological polar surface area (TPSA) is 50.4 Å². The van der Waals surface area contributed by atoms with Crippen molar-refractivity contribution in [3.63, 3.8) is 0 Å². The monoisotopic (exact) mass is 262 g/mol. The molecule has 2 rings (SSSR count). The maximum atomic E-state index is 11.4. The Bertz CT molecular complexity index is 422. The molecule has 1 aromatic rings. The Morgan fingerprint density at radius 2 is 2.11 bits per heavy atom. The molecule has 4 heteroatoms. The van der Waals surface area contributed by atoms with Gasteiger partial charge in [0.1, 0.15) is 0 Å². The van der Waals surface area contributed by atoms with E-state index in [4.69, 9.17) is 4.74 Å². The molecule has 0 aromatic heterocycles. The Hall–Kier alpha value is -1.39. The lowest BCUT2D eigenvalue weighted by molar-refractivity contribution is 0.0207. The first-order chi connectivity index (χ1) is 9.13. The van der Waals surface area contributed by atoms with Gasteiger partial charge in [-0.2, -0.15) is 0 Å². The van der Waals surface area contributed by atoms with Crippen molar-refractivity contribution in [1.82, 2.24) is 10.6 Å². The predicted molar refractivity (Wildman–Crippen MR) is 75.1 cm³/mol. The van der Waals surface area contributed by atoms with E-state index in [9.17, 15) is 4.79 Å².